The number of rotatable bonds is 6. The van der Waals surface area contributed by atoms with E-state index in [-0.39, 0.29) is 11.8 Å². The van der Waals surface area contributed by atoms with Gasteiger partial charge in [-0.15, -0.1) is 0 Å². The maximum atomic E-state index is 8.52. The molecule has 1 unspecified atom stereocenters. The van der Waals surface area contributed by atoms with E-state index >= 15 is 0 Å². The van der Waals surface area contributed by atoms with Crippen molar-refractivity contribution in [2.75, 3.05) is 19.1 Å². The van der Waals surface area contributed by atoms with E-state index in [2.05, 4.69) is 10.5 Å². The minimum absolute atomic E-state index is 0.0365. The van der Waals surface area contributed by atoms with Crippen LogP contribution in [0.1, 0.15) is 6.92 Å². The van der Waals surface area contributed by atoms with E-state index in [1.807, 2.05) is 6.92 Å². The Morgan fingerprint density at radius 1 is 1.32 bits per heavy atom. The molecule has 6 heteroatoms. The van der Waals surface area contributed by atoms with Gasteiger partial charge in [-0.05, 0) is 31.2 Å². The van der Waals surface area contributed by atoms with Crippen LogP contribution < -0.4 is 10.2 Å². The summed E-state index contributed by atoms with van der Waals surface area (Å²) in [5, 5.41) is 20.7. The lowest BCUT2D eigenvalue weighted by Crippen LogP contribution is -2.17. The van der Waals surface area contributed by atoms with Crippen molar-refractivity contribution >= 4 is 11.4 Å². The zero-order valence-electron chi connectivity index (χ0n) is 10.8. The molecule has 0 aromatic heterocycles. The van der Waals surface area contributed by atoms with Gasteiger partial charge < -0.3 is 9.47 Å². The highest BCUT2D eigenvalue weighted by molar-refractivity contribution is 6.10. The summed E-state index contributed by atoms with van der Waals surface area (Å²) in [5.41, 5.74) is 3.05. The molecule has 1 rings (SSSR count). The second-order valence-corrected chi connectivity index (χ2v) is 3.70. The Balaban J connectivity index is 2.60. The fraction of sp³-hybridized carbons (Fsp3) is 0.308. The van der Waals surface area contributed by atoms with E-state index in [0.29, 0.717) is 18.0 Å². The lowest BCUT2D eigenvalue weighted by Gasteiger charge is -2.13. The number of nitriles is 2. The second-order valence-electron chi connectivity index (χ2n) is 3.70. The predicted octanol–water partition coefficient (Wildman–Crippen LogP) is 1.92. The summed E-state index contributed by atoms with van der Waals surface area (Å²) < 4.78 is 10.6. The van der Waals surface area contributed by atoms with Crippen molar-refractivity contribution in [1.82, 2.24) is 0 Å². The number of nitrogens with one attached hydrogen (secondary N) is 1. The van der Waals surface area contributed by atoms with Gasteiger partial charge in [0.25, 0.3) is 0 Å². The van der Waals surface area contributed by atoms with Crippen molar-refractivity contribution in [1.29, 1.82) is 10.5 Å². The highest BCUT2D eigenvalue weighted by atomic mass is 16.5. The Labute approximate surface area is 111 Å². The van der Waals surface area contributed by atoms with Crippen LogP contribution in [0.3, 0.4) is 0 Å². The first-order valence-electron chi connectivity index (χ1n) is 5.59. The summed E-state index contributed by atoms with van der Waals surface area (Å²) in [6, 6.07) is 10.3. The first kappa shape index (κ1) is 14.5. The van der Waals surface area contributed by atoms with Crippen LogP contribution in [0.25, 0.3) is 0 Å². The Bertz CT molecular complexity index is 495. The third-order valence-electron chi connectivity index (χ3n) is 2.10. The molecule has 1 aromatic rings. The first-order valence-corrected chi connectivity index (χ1v) is 5.59. The van der Waals surface area contributed by atoms with Crippen LogP contribution in [0.4, 0.5) is 5.69 Å². The molecule has 0 radical (unpaired) electrons. The predicted molar refractivity (Wildman–Crippen MR) is 70.7 cm³/mol. The number of benzene rings is 1. The smallest absolute Gasteiger partial charge is 0.237 e. The van der Waals surface area contributed by atoms with Crippen molar-refractivity contribution in [2.24, 2.45) is 5.10 Å². The molecular formula is C13H14N4O2. The molecule has 98 valence electrons. The molecule has 0 aliphatic carbocycles. The average molecular weight is 258 g/mol. The topological polar surface area (TPSA) is 90.4 Å². The van der Waals surface area contributed by atoms with E-state index in [4.69, 9.17) is 20.0 Å². The fourth-order valence-electron chi connectivity index (χ4n) is 1.30. The number of ether oxygens (including phenoxy) is 2. The van der Waals surface area contributed by atoms with Crippen LogP contribution in [0.5, 0.6) is 5.75 Å². The van der Waals surface area contributed by atoms with E-state index in [9.17, 15) is 0 Å². The fourth-order valence-corrected chi connectivity index (χ4v) is 1.30. The van der Waals surface area contributed by atoms with Gasteiger partial charge in [0.2, 0.25) is 5.71 Å². The maximum absolute atomic E-state index is 8.52. The standard InChI is InChI=1S/C13H14N4O2/c1-10(9-18-2)19-13-5-3-11(4-6-13)16-17-12(7-14)8-15/h3-6,10,16H,9H2,1-2H3. The van der Waals surface area contributed by atoms with Crippen LogP contribution in [0.15, 0.2) is 29.4 Å². The summed E-state index contributed by atoms with van der Waals surface area (Å²) in [4.78, 5) is 0. The minimum atomic E-state index is -0.228. The zero-order chi connectivity index (χ0) is 14.1. The maximum Gasteiger partial charge on any atom is 0.237 e. The molecular weight excluding hydrogens is 244 g/mol. The average Bonchev–Trinajstić information content (AvgIpc) is 2.42. The molecule has 0 fully saturated rings. The number of hydrogen-bond acceptors (Lipinski definition) is 6. The molecule has 0 aliphatic rings. The Morgan fingerprint density at radius 2 is 1.95 bits per heavy atom. The summed E-state index contributed by atoms with van der Waals surface area (Å²) >= 11 is 0. The summed E-state index contributed by atoms with van der Waals surface area (Å²) in [5.74, 6) is 0.708. The lowest BCUT2D eigenvalue weighted by molar-refractivity contribution is 0.0921. The summed E-state index contributed by atoms with van der Waals surface area (Å²) in [6.07, 6.45) is -0.0365. The highest BCUT2D eigenvalue weighted by Gasteiger charge is 2.03. The van der Waals surface area contributed by atoms with Gasteiger partial charge in [0, 0.05) is 7.11 Å². The Morgan fingerprint density at radius 3 is 2.47 bits per heavy atom. The van der Waals surface area contributed by atoms with Gasteiger partial charge in [0.1, 0.15) is 24.0 Å². The van der Waals surface area contributed by atoms with Crippen molar-refractivity contribution in [3.63, 3.8) is 0 Å². The third-order valence-corrected chi connectivity index (χ3v) is 2.10. The van der Waals surface area contributed by atoms with E-state index in [1.165, 1.54) is 0 Å². The van der Waals surface area contributed by atoms with Gasteiger partial charge in [0.15, 0.2) is 0 Å². The number of nitrogens with zero attached hydrogens (tertiary/aromatic N) is 3. The van der Waals surface area contributed by atoms with Crippen molar-refractivity contribution < 1.29 is 9.47 Å². The quantitative estimate of drug-likeness (QED) is 0.621. The number of hydrazone groups is 1. The van der Waals surface area contributed by atoms with Crippen LogP contribution >= 0.6 is 0 Å². The molecule has 6 nitrogen and oxygen atoms in total. The van der Waals surface area contributed by atoms with Gasteiger partial charge in [-0.1, -0.05) is 0 Å². The molecule has 0 bridgehead atoms. The number of methoxy groups -OCH3 is 1. The monoisotopic (exact) mass is 258 g/mol. The van der Waals surface area contributed by atoms with Gasteiger partial charge in [-0.3, -0.25) is 5.43 Å². The van der Waals surface area contributed by atoms with Crippen LogP contribution in [-0.2, 0) is 4.74 Å². The van der Waals surface area contributed by atoms with Gasteiger partial charge >= 0.3 is 0 Å². The molecule has 0 amide bonds. The summed E-state index contributed by atoms with van der Waals surface area (Å²) in [6.45, 7) is 2.42. The molecule has 1 N–H and O–H groups in total. The first-order chi connectivity index (χ1) is 9.19. The third kappa shape index (κ3) is 5.07. The normalized spacial score (nSPS) is 10.7. The molecule has 0 saturated heterocycles. The molecule has 1 aromatic carbocycles. The SMILES string of the molecule is COCC(C)Oc1ccc(NN=C(C#N)C#N)cc1. The van der Waals surface area contributed by atoms with Gasteiger partial charge in [-0.25, -0.2) is 0 Å². The molecule has 0 heterocycles. The molecule has 1 atom stereocenters. The van der Waals surface area contributed by atoms with E-state index < -0.39 is 0 Å². The van der Waals surface area contributed by atoms with Crippen molar-refractivity contribution in [3.05, 3.63) is 24.3 Å². The van der Waals surface area contributed by atoms with Crippen LogP contribution in [0, 0.1) is 22.7 Å². The zero-order valence-corrected chi connectivity index (χ0v) is 10.8. The molecule has 0 aliphatic heterocycles. The Hall–Kier alpha value is -2.57. The van der Waals surface area contributed by atoms with Crippen LogP contribution in [-0.4, -0.2) is 25.5 Å². The van der Waals surface area contributed by atoms with Gasteiger partial charge in [0.05, 0.1) is 12.3 Å². The molecule has 19 heavy (non-hydrogen) atoms. The molecule has 0 spiro atoms. The van der Waals surface area contributed by atoms with Gasteiger partial charge in [-0.2, -0.15) is 15.6 Å². The lowest BCUT2D eigenvalue weighted by atomic mass is 10.3. The number of hydrogen-bond donors (Lipinski definition) is 1. The van der Waals surface area contributed by atoms with Crippen LogP contribution in [0.2, 0.25) is 0 Å². The van der Waals surface area contributed by atoms with Crippen molar-refractivity contribution in [3.8, 4) is 17.9 Å². The highest BCUT2D eigenvalue weighted by Crippen LogP contribution is 2.17. The minimum Gasteiger partial charge on any atom is -0.488 e. The summed E-state index contributed by atoms with van der Waals surface area (Å²) in [7, 11) is 1.62. The largest absolute Gasteiger partial charge is 0.488 e. The second kappa shape index (κ2) is 7.70. The van der Waals surface area contributed by atoms with E-state index in [0.717, 1.165) is 0 Å². The van der Waals surface area contributed by atoms with Crippen molar-refractivity contribution in [2.45, 2.75) is 13.0 Å². The Kier molecular flexibility index (Phi) is 5.87. The van der Waals surface area contributed by atoms with E-state index in [1.54, 1.807) is 43.5 Å². The number of anilines is 1. The molecule has 0 saturated carbocycles.